The molecule has 0 atom stereocenters. The molecule has 1 saturated carbocycles. The first kappa shape index (κ1) is 10.2. The van der Waals surface area contributed by atoms with Crippen LogP contribution in [0.2, 0.25) is 0 Å². The number of rotatable bonds is 2. The summed E-state index contributed by atoms with van der Waals surface area (Å²) in [6, 6.07) is 2.84. The van der Waals surface area contributed by atoms with Gasteiger partial charge in [0, 0.05) is 0 Å². The highest BCUT2D eigenvalue weighted by atomic mass is 19.1. The zero-order valence-electron chi connectivity index (χ0n) is 8.09. The minimum Gasteiger partial charge on any atom is -0.319 e. The van der Waals surface area contributed by atoms with Gasteiger partial charge in [-0.3, -0.25) is 4.79 Å². The van der Waals surface area contributed by atoms with Gasteiger partial charge in [0.15, 0.2) is 5.78 Å². The lowest BCUT2D eigenvalue weighted by Gasteiger charge is -2.36. The number of carbonyl (C=O) groups is 1. The van der Waals surface area contributed by atoms with Gasteiger partial charge in [-0.15, -0.1) is 0 Å². The summed E-state index contributed by atoms with van der Waals surface area (Å²) in [6.45, 7) is 0. The zero-order chi connectivity index (χ0) is 11.1. The van der Waals surface area contributed by atoms with Crippen molar-refractivity contribution in [3.05, 3.63) is 35.4 Å². The van der Waals surface area contributed by atoms with Crippen molar-refractivity contribution < 1.29 is 13.6 Å². The molecule has 2 rings (SSSR count). The third-order valence-electron chi connectivity index (χ3n) is 2.87. The summed E-state index contributed by atoms with van der Waals surface area (Å²) >= 11 is 0. The highest BCUT2D eigenvalue weighted by molar-refractivity contribution is 6.03. The van der Waals surface area contributed by atoms with Crippen LogP contribution in [0.1, 0.15) is 29.6 Å². The Bertz CT molecular complexity index is 413. The molecule has 0 bridgehead atoms. The summed E-state index contributed by atoms with van der Waals surface area (Å²) in [5.41, 5.74) is 4.54. The molecule has 1 fully saturated rings. The maximum absolute atomic E-state index is 13.3. The standard InChI is InChI=1S/C11H11F2NO/c12-7-2-3-9(13)8(6-7)10(15)11(14)4-1-5-11/h2-3,6H,1,4-5,14H2. The molecule has 0 aliphatic heterocycles. The Kier molecular flexibility index (Phi) is 2.31. The molecule has 0 unspecified atom stereocenters. The van der Waals surface area contributed by atoms with Gasteiger partial charge in [0.25, 0.3) is 0 Å². The van der Waals surface area contributed by atoms with Gasteiger partial charge >= 0.3 is 0 Å². The molecule has 2 nitrogen and oxygen atoms in total. The maximum atomic E-state index is 13.3. The highest BCUT2D eigenvalue weighted by Crippen LogP contribution is 2.33. The quantitative estimate of drug-likeness (QED) is 0.760. The van der Waals surface area contributed by atoms with Gasteiger partial charge in [0.1, 0.15) is 11.6 Å². The maximum Gasteiger partial charge on any atom is 0.185 e. The Hall–Kier alpha value is -1.29. The lowest BCUT2D eigenvalue weighted by molar-refractivity contribution is 0.0795. The number of hydrogen-bond donors (Lipinski definition) is 1. The Morgan fingerprint density at radius 3 is 2.53 bits per heavy atom. The fourth-order valence-electron chi connectivity index (χ4n) is 1.72. The Morgan fingerprint density at radius 2 is 2.00 bits per heavy atom. The third-order valence-corrected chi connectivity index (χ3v) is 2.87. The summed E-state index contributed by atoms with van der Waals surface area (Å²) in [5, 5.41) is 0. The van der Waals surface area contributed by atoms with Crippen molar-refractivity contribution in [3.8, 4) is 0 Å². The summed E-state index contributed by atoms with van der Waals surface area (Å²) in [5.74, 6) is -1.83. The van der Waals surface area contributed by atoms with Crippen molar-refractivity contribution in [1.29, 1.82) is 0 Å². The predicted octanol–water partition coefficient (Wildman–Crippen LogP) is 2.03. The van der Waals surface area contributed by atoms with Crippen molar-refractivity contribution in [2.45, 2.75) is 24.8 Å². The number of nitrogens with two attached hydrogens (primary N) is 1. The largest absolute Gasteiger partial charge is 0.319 e. The van der Waals surface area contributed by atoms with E-state index < -0.39 is 23.0 Å². The van der Waals surface area contributed by atoms with Crippen LogP contribution in [0, 0.1) is 11.6 Å². The molecule has 80 valence electrons. The molecule has 0 saturated heterocycles. The molecule has 0 radical (unpaired) electrons. The van der Waals surface area contributed by atoms with E-state index in [1.807, 2.05) is 0 Å². The van der Waals surface area contributed by atoms with Gasteiger partial charge in [-0.05, 0) is 37.5 Å². The van der Waals surface area contributed by atoms with E-state index in [9.17, 15) is 13.6 Å². The summed E-state index contributed by atoms with van der Waals surface area (Å²) in [6.07, 6.45) is 1.95. The minimum absolute atomic E-state index is 0.239. The first-order valence-electron chi connectivity index (χ1n) is 4.82. The van der Waals surface area contributed by atoms with Crippen molar-refractivity contribution in [2.24, 2.45) is 5.73 Å². The van der Waals surface area contributed by atoms with Gasteiger partial charge in [-0.1, -0.05) is 0 Å². The number of hydrogen-bond acceptors (Lipinski definition) is 2. The molecule has 0 amide bonds. The molecule has 1 aromatic rings. The zero-order valence-corrected chi connectivity index (χ0v) is 8.09. The second kappa shape index (κ2) is 3.38. The lowest BCUT2D eigenvalue weighted by Crippen LogP contribution is -2.53. The van der Waals surface area contributed by atoms with Gasteiger partial charge in [0.05, 0.1) is 11.1 Å². The first-order chi connectivity index (χ1) is 7.03. The van der Waals surface area contributed by atoms with E-state index in [-0.39, 0.29) is 5.56 Å². The SMILES string of the molecule is NC1(C(=O)c2cc(F)ccc2F)CCC1. The van der Waals surface area contributed by atoms with Crippen LogP contribution >= 0.6 is 0 Å². The molecular weight excluding hydrogens is 200 g/mol. The third kappa shape index (κ3) is 1.65. The summed E-state index contributed by atoms with van der Waals surface area (Å²) in [7, 11) is 0. The molecule has 1 aliphatic carbocycles. The molecule has 15 heavy (non-hydrogen) atoms. The Labute approximate surface area is 86.1 Å². The number of benzene rings is 1. The molecular formula is C11H11F2NO. The average molecular weight is 211 g/mol. The number of Topliss-reactive ketones (excluding diaryl/α,β-unsaturated/α-hetero) is 1. The van der Waals surface area contributed by atoms with Crippen LogP contribution < -0.4 is 5.73 Å². The fourth-order valence-corrected chi connectivity index (χ4v) is 1.72. The van der Waals surface area contributed by atoms with Gasteiger partial charge in [-0.25, -0.2) is 8.78 Å². The smallest absolute Gasteiger partial charge is 0.185 e. The Morgan fingerprint density at radius 1 is 1.33 bits per heavy atom. The van der Waals surface area contributed by atoms with Crippen LogP contribution in [0.3, 0.4) is 0 Å². The van der Waals surface area contributed by atoms with Crippen LogP contribution in [0.15, 0.2) is 18.2 Å². The Balaban J connectivity index is 2.36. The van der Waals surface area contributed by atoms with E-state index in [4.69, 9.17) is 5.73 Å². The van der Waals surface area contributed by atoms with E-state index in [0.29, 0.717) is 12.8 Å². The van der Waals surface area contributed by atoms with Crippen molar-refractivity contribution >= 4 is 5.78 Å². The molecule has 1 aliphatic rings. The van der Waals surface area contributed by atoms with E-state index in [2.05, 4.69) is 0 Å². The van der Waals surface area contributed by atoms with Gasteiger partial charge in [0.2, 0.25) is 0 Å². The first-order valence-corrected chi connectivity index (χ1v) is 4.82. The topological polar surface area (TPSA) is 43.1 Å². The van der Waals surface area contributed by atoms with E-state index in [1.54, 1.807) is 0 Å². The van der Waals surface area contributed by atoms with Crippen LogP contribution in [0.5, 0.6) is 0 Å². The van der Waals surface area contributed by atoms with Crippen molar-refractivity contribution in [2.75, 3.05) is 0 Å². The summed E-state index contributed by atoms with van der Waals surface area (Å²) < 4.78 is 26.1. The molecule has 0 heterocycles. The number of carbonyl (C=O) groups excluding carboxylic acids is 1. The van der Waals surface area contributed by atoms with Crippen LogP contribution in [0.25, 0.3) is 0 Å². The normalized spacial score (nSPS) is 18.3. The van der Waals surface area contributed by atoms with E-state index in [1.165, 1.54) is 0 Å². The minimum atomic E-state index is -0.978. The average Bonchev–Trinajstić information content (AvgIpc) is 2.17. The molecule has 2 N–H and O–H groups in total. The fraction of sp³-hybridized carbons (Fsp3) is 0.364. The predicted molar refractivity (Wildman–Crippen MR) is 51.5 cm³/mol. The number of halogens is 2. The summed E-state index contributed by atoms with van der Waals surface area (Å²) in [4.78, 5) is 11.8. The number of ketones is 1. The second-order valence-corrected chi connectivity index (χ2v) is 3.96. The molecule has 0 aromatic heterocycles. The van der Waals surface area contributed by atoms with Crippen molar-refractivity contribution in [3.63, 3.8) is 0 Å². The second-order valence-electron chi connectivity index (χ2n) is 3.96. The van der Waals surface area contributed by atoms with E-state index in [0.717, 1.165) is 24.6 Å². The van der Waals surface area contributed by atoms with Crippen LogP contribution in [0.4, 0.5) is 8.78 Å². The highest BCUT2D eigenvalue weighted by Gasteiger charge is 2.41. The van der Waals surface area contributed by atoms with Crippen molar-refractivity contribution in [1.82, 2.24) is 0 Å². The molecule has 1 aromatic carbocycles. The van der Waals surface area contributed by atoms with Crippen LogP contribution in [-0.2, 0) is 0 Å². The van der Waals surface area contributed by atoms with Crippen LogP contribution in [-0.4, -0.2) is 11.3 Å². The van der Waals surface area contributed by atoms with Gasteiger partial charge in [-0.2, -0.15) is 0 Å². The van der Waals surface area contributed by atoms with Gasteiger partial charge < -0.3 is 5.73 Å². The lowest BCUT2D eigenvalue weighted by atomic mass is 9.73. The molecule has 4 heteroatoms. The molecule has 0 spiro atoms. The monoisotopic (exact) mass is 211 g/mol. The van der Waals surface area contributed by atoms with E-state index >= 15 is 0 Å².